The van der Waals surface area contributed by atoms with Crippen molar-refractivity contribution in [2.75, 3.05) is 4.90 Å². The lowest BCUT2D eigenvalue weighted by molar-refractivity contribution is -0.0500. The van der Waals surface area contributed by atoms with Gasteiger partial charge in [0.2, 0.25) is 0 Å². The van der Waals surface area contributed by atoms with E-state index < -0.39 is 21.4 Å². The number of hydrogen-bond acceptors (Lipinski definition) is 7. The Morgan fingerprint density at radius 3 is 1.94 bits per heavy atom. The number of anilines is 3. The van der Waals surface area contributed by atoms with E-state index in [2.05, 4.69) is 48.5 Å². The number of alkyl halides is 3. The van der Waals surface area contributed by atoms with Crippen LogP contribution in [0.25, 0.3) is 71.6 Å². The van der Waals surface area contributed by atoms with Crippen LogP contribution in [-0.2, 0) is 10.1 Å². The van der Waals surface area contributed by atoms with E-state index in [-0.39, 0.29) is 0 Å². The van der Waals surface area contributed by atoms with Crippen molar-refractivity contribution in [3.63, 3.8) is 0 Å². The molecule has 0 aliphatic carbocycles. The molecule has 7 aromatic carbocycles. The van der Waals surface area contributed by atoms with Gasteiger partial charge in [0.1, 0.15) is 5.75 Å². The van der Waals surface area contributed by atoms with Crippen LogP contribution < -0.4 is 9.08 Å². The molecule has 0 aliphatic rings. The van der Waals surface area contributed by atoms with Gasteiger partial charge < -0.3 is 9.08 Å². The van der Waals surface area contributed by atoms with Crippen molar-refractivity contribution in [2.45, 2.75) is 5.51 Å². The molecule has 3 heterocycles. The molecular formula is C43H24F3NO3S4. The van der Waals surface area contributed by atoms with Gasteiger partial charge in [0.05, 0.1) is 10.4 Å². The summed E-state index contributed by atoms with van der Waals surface area (Å²) >= 11 is 4.90. The van der Waals surface area contributed by atoms with Gasteiger partial charge in [0, 0.05) is 73.3 Å². The maximum atomic E-state index is 13.8. The number of benzene rings is 7. The predicted molar refractivity (Wildman–Crippen MR) is 221 cm³/mol. The highest BCUT2D eigenvalue weighted by Crippen LogP contribution is 2.50. The Morgan fingerprint density at radius 1 is 0.519 bits per heavy atom. The second kappa shape index (κ2) is 12.3. The van der Waals surface area contributed by atoms with Crippen molar-refractivity contribution in [3.8, 4) is 16.9 Å². The maximum absolute atomic E-state index is 13.8. The SMILES string of the molecule is O=S(=O)(Oc1cc(N(c2ccccc2)c2ccc3sc4ccccc4c3c2)c2sc3ccc(-c4cccc5sc6ccccc6c45)cc3c2c1)C(F)(F)F. The van der Waals surface area contributed by atoms with Crippen molar-refractivity contribution < 1.29 is 25.8 Å². The van der Waals surface area contributed by atoms with Gasteiger partial charge in [-0.1, -0.05) is 72.8 Å². The van der Waals surface area contributed by atoms with E-state index in [1.165, 1.54) is 28.2 Å². The Morgan fingerprint density at radius 2 is 1.15 bits per heavy atom. The highest BCUT2D eigenvalue weighted by Gasteiger charge is 2.48. The van der Waals surface area contributed by atoms with Crippen LogP contribution in [0.4, 0.5) is 30.2 Å². The zero-order chi connectivity index (χ0) is 36.8. The smallest absolute Gasteiger partial charge is 0.376 e. The van der Waals surface area contributed by atoms with Gasteiger partial charge in [0.25, 0.3) is 0 Å². The molecule has 10 rings (SSSR count). The van der Waals surface area contributed by atoms with Crippen molar-refractivity contribution in [1.82, 2.24) is 0 Å². The second-order valence-corrected chi connectivity index (χ2v) is 17.6. The minimum Gasteiger partial charge on any atom is -0.376 e. The summed E-state index contributed by atoms with van der Waals surface area (Å²) in [6, 6.07) is 47.1. The number of halogens is 3. The third-order valence-corrected chi connectivity index (χ3v) is 14.1. The van der Waals surface area contributed by atoms with E-state index in [0.717, 1.165) is 72.9 Å². The molecule has 10 aromatic rings. The monoisotopic (exact) mass is 787 g/mol. The number of thiophene rings is 3. The summed E-state index contributed by atoms with van der Waals surface area (Å²) in [7, 11) is -5.98. The fourth-order valence-electron chi connectivity index (χ4n) is 7.26. The van der Waals surface area contributed by atoms with Crippen molar-refractivity contribution in [3.05, 3.63) is 146 Å². The zero-order valence-corrected chi connectivity index (χ0v) is 31.1. The first-order valence-electron chi connectivity index (χ1n) is 16.8. The molecule has 0 amide bonds. The summed E-state index contributed by atoms with van der Waals surface area (Å²) in [5.41, 5.74) is -1.68. The van der Waals surface area contributed by atoms with Crippen molar-refractivity contribution in [1.29, 1.82) is 0 Å². The van der Waals surface area contributed by atoms with E-state index in [9.17, 15) is 21.6 Å². The molecular weight excluding hydrogens is 764 g/mol. The summed E-state index contributed by atoms with van der Waals surface area (Å²) in [6.07, 6.45) is 0. The first-order chi connectivity index (χ1) is 26.1. The minimum absolute atomic E-state index is 0.436. The van der Waals surface area contributed by atoms with Gasteiger partial charge in [-0.05, 0) is 77.9 Å². The molecule has 4 nitrogen and oxygen atoms in total. The molecule has 0 radical (unpaired) electrons. The summed E-state index contributed by atoms with van der Waals surface area (Å²) in [4.78, 5) is 1.95. The summed E-state index contributed by atoms with van der Waals surface area (Å²) < 4.78 is 77.5. The van der Waals surface area contributed by atoms with Crippen LogP contribution in [-0.4, -0.2) is 13.9 Å². The number of para-hydroxylation sites is 1. The summed E-state index contributed by atoms with van der Waals surface area (Å²) in [6.45, 7) is 0. The van der Waals surface area contributed by atoms with Crippen LogP contribution >= 0.6 is 34.0 Å². The van der Waals surface area contributed by atoms with E-state index in [0.29, 0.717) is 11.1 Å². The Hall–Kier alpha value is -5.46. The molecule has 0 saturated carbocycles. The summed E-state index contributed by atoms with van der Waals surface area (Å²) in [5.74, 6) is -0.436. The van der Waals surface area contributed by atoms with E-state index >= 15 is 0 Å². The van der Waals surface area contributed by atoms with Gasteiger partial charge >= 0.3 is 15.6 Å². The third-order valence-electron chi connectivity index (χ3n) is 9.60. The van der Waals surface area contributed by atoms with Gasteiger partial charge in [-0.3, -0.25) is 0 Å². The van der Waals surface area contributed by atoms with Gasteiger partial charge in [0.15, 0.2) is 0 Å². The molecule has 0 bridgehead atoms. The highest BCUT2D eigenvalue weighted by atomic mass is 32.2. The first kappa shape index (κ1) is 33.1. The maximum Gasteiger partial charge on any atom is 0.534 e. The Kier molecular flexibility index (Phi) is 7.54. The number of hydrogen-bond donors (Lipinski definition) is 0. The lowest BCUT2D eigenvalue weighted by atomic mass is 9.98. The minimum atomic E-state index is -5.98. The predicted octanol–water partition coefficient (Wildman–Crippen LogP) is 14.2. The first-order valence-corrected chi connectivity index (χ1v) is 20.7. The van der Waals surface area contributed by atoms with Crippen LogP contribution in [0.15, 0.2) is 146 Å². The normalized spacial score (nSPS) is 12.5. The topological polar surface area (TPSA) is 46.6 Å². The molecule has 0 spiro atoms. The van der Waals surface area contributed by atoms with E-state index in [1.54, 1.807) is 22.7 Å². The lowest BCUT2D eigenvalue weighted by Crippen LogP contribution is -2.28. The molecule has 0 fully saturated rings. The lowest BCUT2D eigenvalue weighted by Gasteiger charge is -2.26. The summed E-state index contributed by atoms with van der Waals surface area (Å²) in [5, 5.41) is 5.75. The van der Waals surface area contributed by atoms with Gasteiger partial charge in [-0.2, -0.15) is 21.6 Å². The van der Waals surface area contributed by atoms with Gasteiger partial charge in [-0.15, -0.1) is 34.0 Å². The third kappa shape index (κ3) is 5.33. The van der Waals surface area contributed by atoms with Crippen LogP contribution in [0.3, 0.4) is 0 Å². The number of rotatable bonds is 6. The van der Waals surface area contributed by atoms with Crippen LogP contribution in [0.2, 0.25) is 0 Å². The number of nitrogens with zero attached hydrogens (tertiary/aromatic N) is 1. The Bertz CT molecular complexity index is 3220. The molecule has 0 atom stereocenters. The molecule has 11 heteroatoms. The van der Waals surface area contributed by atoms with Crippen LogP contribution in [0, 0.1) is 0 Å². The average Bonchev–Trinajstić information content (AvgIpc) is 3.86. The number of fused-ring (bicyclic) bond motifs is 9. The Labute approximate surface area is 318 Å². The molecule has 0 unspecified atom stereocenters. The highest BCUT2D eigenvalue weighted by molar-refractivity contribution is 7.88. The second-order valence-electron chi connectivity index (χ2n) is 12.8. The van der Waals surface area contributed by atoms with Crippen LogP contribution in [0.5, 0.6) is 5.75 Å². The Balaban J connectivity index is 1.25. The molecule has 264 valence electrons. The molecule has 3 aromatic heterocycles. The van der Waals surface area contributed by atoms with Crippen LogP contribution in [0.1, 0.15) is 0 Å². The van der Waals surface area contributed by atoms with Crippen molar-refractivity contribution >= 4 is 122 Å². The zero-order valence-electron chi connectivity index (χ0n) is 27.8. The largest absolute Gasteiger partial charge is 0.534 e. The molecule has 0 N–H and O–H groups in total. The van der Waals surface area contributed by atoms with E-state index in [4.69, 9.17) is 4.18 Å². The fourth-order valence-corrected chi connectivity index (χ4v) is 11.1. The molecule has 0 aliphatic heterocycles. The fraction of sp³-hybridized carbons (Fsp3) is 0.0233. The van der Waals surface area contributed by atoms with E-state index in [1.807, 2.05) is 89.8 Å². The molecule has 0 saturated heterocycles. The standard InChI is InChI=1S/C43H24F3NO3S4/c44-43(45,46)54(48,49)50-28-23-34-32-21-25(29-13-8-16-40-41(29)31-12-5-7-15-37(31)52-40)17-19-39(32)53-42(34)35(24-28)47(26-9-2-1-3-10-26)27-18-20-38-33(22-27)30-11-4-6-14-36(30)51-38/h1-24H. The average molecular weight is 788 g/mol. The van der Waals surface area contributed by atoms with Gasteiger partial charge in [-0.25, -0.2) is 0 Å². The molecule has 54 heavy (non-hydrogen) atoms. The quantitative estimate of drug-likeness (QED) is 0.124. The van der Waals surface area contributed by atoms with Crippen molar-refractivity contribution in [2.24, 2.45) is 0 Å².